The van der Waals surface area contributed by atoms with Gasteiger partial charge in [0.05, 0.1) is 0 Å². The van der Waals surface area contributed by atoms with Gasteiger partial charge in [0.2, 0.25) is 0 Å². The molecule has 0 aromatic rings. The Balaban J connectivity index is 2.15. The lowest BCUT2D eigenvalue weighted by atomic mass is 10.0. The quantitative estimate of drug-likeness (QED) is 0.666. The molecule has 0 radical (unpaired) electrons. The van der Waals surface area contributed by atoms with E-state index in [1.54, 1.807) is 18.0 Å². The summed E-state index contributed by atoms with van der Waals surface area (Å²) in [4.78, 5) is 15.8. The minimum absolute atomic E-state index is 0.526. The summed E-state index contributed by atoms with van der Waals surface area (Å²) in [5, 5.41) is 8.72. The second-order valence-corrected chi connectivity index (χ2v) is 4.04. The lowest BCUT2D eigenvalue weighted by molar-refractivity contribution is -0.138. The van der Waals surface area contributed by atoms with Crippen LogP contribution in [0, 0.1) is 0 Å². The topological polar surface area (TPSA) is 49.7 Å². The van der Waals surface area contributed by atoms with E-state index in [-0.39, 0.29) is 0 Å². The first-order valence-electron chi connectivity index (χ1n) is 3.88. The van der Waals surface area contributed by atoms with Crippen LogP contribution in [0.25, 0.3) is 0 Å². The molecule has 2 heterocycles. The van der Waals surface area contributed by atoms with Crippen LogP contribution in [0.5, 0.6) is 0 Å². The van der Waals surface area contributed by atoms with Gasteiger partial charge in [-0.3, -0.25) is 4.99 Å². The fraction of sp³-hybridized carbons (Fsp3) is 0.500. The number of allylic oxidation sites excluding steroid dienone is 1. The summed E-state index contributed by atoms with van der Waals surface area (Å²) < 4.78 is 0. The maximum absolute atomic E-state index is 10.6. The Hall–Kier alpha value is -0.770. The third-order valence-electron chi connectivity index (χ3n) is 2.11. The molecule has 0 bridgehead atoms. The van der Waals surface area contributed by atoms with Crippen LogP contribution in [0.2, 0.25) is 0 Å². The number of nitrogens with zero attached hydrogens (tertiary/aromatic N) is 1. The molecule has 2 rings (SSSR count). The molecule has 4 heteroatoms. The van der Waals surface area contributed by atoms with Crippen molar-refractivity contribution >= 4 is 23.9 Å². The number of thioether (sulfide) groups is 1. The van der Waals surface area contributed by atoms with E-state index < -0.39 is 12.0 Å². The van der Waals surface area contributed by atoms with E-state index in [9.17, 15) is 4.79 Å². The maximum Gasteiger partial charge on any atom is 0.328 e. The average molecular weight is 183 g/mol. The molecule has 0 amide bonds. The van der Waals surface area contributed by atoms with Crippen LogP contribution in [0.15, 0.2) is 15.5 Å². The van der Waals surface area contributed by atoms with Gasteiger partial charge in [-0.15, -0.1) is 11.8 Å². The summed E-state index contributed by atoms with van der Waals surface area (Å²) >= 11 is 1.78. The second kappa shape index (κ2) is 2.94. The molecule has 0 aromatic heterocycles. The van der Waals surface area contributed by atoms with E-state index in [1.165, 1.54) is 10.5 Å². The molecular weight excluding hydrogens is 174 g/mol. The number of carboxylic acids is 1. The van der Waals surface area contributed by atoms with Crippen molar-refractivity contribution in [3.05, 3.63) is 10.5 Å². The van der Waals surface area contributed by atoms with Gasteiger partial charge >= 0.3 is 5.97 Å². The molecule has 0 saturated carbocycles. The highest BCUT2D eigenvalue weighted by Crippen LogP contribution is 2.35. The van der Waals surface area contributed by atoms with Crippen molar-refractivity contribution in [2.75, 3.05) is 5.75 Å². The Kier molecular flexibility index (Phi) is 1.92. The molecule has 1 atom stereocenters. The van der Waals surface area contributed by atoms with Crippen molar-refractivity contribution in [1.82, 2.24) is 0 Å². The normalized spacial score (nSPS) is 27.5. The third kappa shape index (κ3) is 1.27. The van der Waals surface area contributed by atoms with Gasteiger partial charge < -0.3 is 5.11 Å². The first-order chi connectivity index (χ1) is 5.77. The fourth-order valence-corrected chi connectivity index (χ4v) is 2.53. The van der Waals surface area contributed by atoms with Crippen molar-refractivity contribution in [2.45, 2.75) is 18.9 Å². The van der Waals surface area contributed by atoms with Gasteiger partial charge in [0.25, 0.3) is 0 Å². The molecule has 12 heavy (non-hydrogen) atoms. The van der Waals surface area contributed by atoms with Crippen LogP contribution in [0.1, 0.15) is 12.8 Å². The standard InChI is InChI=1S/C8H9NO2S/c10-8(11)6-3-5-1-2-12-7(5)4-9-6/h4,6H,1-3H2,(H,10,11). The zero-order valence-corrected chi connectivity index (χ0v) is 7.30. The number of dihydropyridines is 1. The Morgan fingerprint density at radius 3 is 3.33 bits per heavy atom. The number of aliphatic carboxylic acids is 1. The summed E-state index contributed by atoms with van der Waals surface area (Å²) in [6.07, 6.45) is 3.37. The van der Waals surface area contributed by atoms with E-state index in [0.717, 1.165) is 12.2 Å². The minimum atomic E-state index is -0.810. The highest BCUT2D eigenvalue weighted by molar-refractivity contribution is 8.04. The van der Waals surface area contributed by atoms with Crippen LogP contribution >= 0.6 is 11.8 Å². The first kappa shape index (κ1) is 7.86. The predicted octanol–water partition coefficient (Wildman–Crippen LogP) is 1.31. The molecule has 0 fully saturated rings. The Labute approximate surface area is 74.6 Å². The number of carbonyl (C=O) groups is 1. The van der Waals surface area contributed by atoms with Gasteiger partial charge in [0.1, 0.15) is 0 Å². The van der Waals surface area contributed by atoms with Crippen LogP contribution in [-0.4, -0.2) is 29.1 Å². The SMILES string of the molecule is O=C(O)C1CC2=C(C=N1)SCC2. The van der Waals surface area contributed by atoms with Gasteiger partial charge in [0.15, 0.2) is 6.04 Å². The Morgan fingerprint density at radius 1 is 1.75 bits per heavy atom. The minimum Gasteiger partial charge on any atom is -0.480 e. The summed E-state index contributed by atoms with van der Waals surface area (Å²) in [7, 11) is 0. The van der Waals surface area contributed by atoms with E-state index >= 15 is 0 Å². The molecule has 0 spiro atoms. The molecule has 1 N–H and O–H groups in total. The lowest BCUT2D eigenvalue weighted by Gasteiger charge is -2.13. The van der Waals surface area contributed by atoms with Gasteiger partial charge in [-0.25, -0.2) is 4.79 Å². The molecular formula is C8H9NO2S. The zero-order valence-electron chi connectivity index (χ0n) is 6.49. The van der Waals surface area contributed by atoms with Gasteiger partial charge in [-0.2, -0.15) is 0 Å². The van der Waals surface area contributed by atoms with Crippen LogP contribution in [-0.2, 0) is 4.79 Å². The van der Waals surface area contributed by atoms with E-state index in [4.69, 9.17) is 5.11 Å². The van der Waals surface area contributed by atoms with Crippen molar-refractivity contribution in [2.24, 2.45) is 4.99 Å². The lowest BCUT2D eigenvalue weighted by Crippen LogP contribution is -2.21. The average Bonchev–Trinajstić information content (AvgIpc) is 2.49. The van der Waals surface area contributed by atoms with E-state index in [1.807, 2.05) is 0 Å². The van der Waals surface area contributed by atoms with Crippen molar-refractivity contribution in [3.8, 4) is 0 Å². The van der Waals surface area contributed by atoms with Crippen molar-refractivity contribution < 1.29 is 9.90 Å². The molecule has 2 aliphatic rings. The Morgan fingerprint density at radius 2 is 2.58 bits per heavy atom. The molecule has 1 unspecified atom stereocenters. The second-order valence-electron chi connectivity index (χ2n) is 2.90. The van der Waals surface area contributed by atoms with Crippen LogP contribution < -0.4 is 0 Å². The molecule has 2 aliphatic heterocycles. The smallest absolute Gasteiger partial charge is 0.328 e. The van der Waals surface area contributed by atoms with Crippen LogP contribution in [0.3, 0.4) is 0 Å². The largest absolute Gasteiger partial charge is 0.480 e. The summed E-state index contributed by atoms with van der Waals surface area (Å²) in [6, 6.07) is -0.526. The summed E-state index contributed by atoms with van der Waals surface area (Å²) in [6.45, 7) is 0. The van der Waals surface area contributed by atoms with E-state index in [0.29, 0.717) is 6.42 Å². The Bertz CT molecular complexity index is 283. The number of hydrogen-bond acceptors (Lipinski definition) is 3. The first-order valence-corrected chi connectivity index (χ1v) is 4.87. The molecule has 0 saturated heterocycles. The number of hydrogen-bond donors (Lipinski definition) is 1. The summed E-state index contributed by atoms with van der Waals surface area (Å²) in [5.41, 5.74) is 1.28. The monoisotopic (exact) mass is 183 g/mol. The maximum atomic E-state index is 10.6. The highest BCUT2D eigenvalue weighted by Gasteiger charge is 2.25. The fourth-order valence-electron chi connectivity index (χ4n) is 1.44. The van der Waals surface area contributed by atoms with Gasteiger partial charge in [-0.1, -0.05) is 5.57 Å². The predicted molar refractivity (Wildman–Crippen MR) is 48.6 cm³/mol. The summed E-state index contributed by atoms with van der Waals surface area (Å²) in [5.74, 6) is 0.276. The molecule has 64 valence electrons. The van der Waals surface area contributed by atoms with E-state index in [2.05, 4.69) is 4.99 Å². The number of rotatable bonds is 1. The van der Waals surface area contributed by atoms with Gasteiger partial charge in [0, 0.05) is 23.3 Å². The molecule has 0 aliphatic carbocycles. The third-order valence-corrected chi connectivity index (χ3v) is 3.22. The van der Waals surface area contributed by atoms with Crippen LogP contribution in [0.4, 0.5) is 0 Å². The number of carboxylic acid groups (broad SMARTS) is 1. The van der Waals surface area contributed by atoms with Gasteiger partial charge in [-0.05, 0) is 6.42 Å². The van der Waals surface area contributed by atoms with Crippen molar-refractivity contribution in [1.29, 1.82) is 0 Å². The molecule has 0 aromatic carbocycles. The van der Waals surface area contributed by atoms with Crippen molar-refractivity contribution in [3.63, 3.8) is 0 Å². The molecule has 3 nitrogen and oxygen atoms in total. The zero-order chi connectivity index (χ0) is 8.55. The number of aliphatic imine (C=N–C) groups is 1. The highest BCUT2D eigenvalue weighted by atomic mass is 32.2.